The highest BCUT2D eigenvalue weighted by molar-refractivity contribution is 5.85. The first-order chi connectivity index (χ1) is 10.7. The van der Waals surface area contributed by atoms with Crippen LogP contribution in [0.4, 0.5) is 0 Å². The maximum absolute atomic E-state index is 12.3. The van der Waals surface area contributed by atoms with Crippen LogP contribution in [0.3, 0.4) is 0 Å². The highest BCUT2D eigenvalue weighted by atomic mass is 16.5. The van der Waals surface area contributed by atoms with Gasteiger partial charge in [0.25, 0.3) is 0 Å². The average molecular weight is 294 g/mol. The molecule has 0 bridgehead atoms. The Morgan fingerprint density at radius 3 is 2.86 bits per heavy atom. The topological polar surface area (TPSA) is 89.5 Å². The molecule has 0 aliphatic carbocycles. The second-order valence-electron chi connectivity index (χ2n) is 5.31. The van der Waals surface area contributed by atoms with Crippen LogP contribution in [0.15, 0.2) is 29.4 Å². The predicted octanol–water partition coefficient (Wildman–Crippen LogP) is 1.75. The van der Waals surface area contributed by atoms with Gasteiger partial charge >= 0.3 is 5.97 Å². The molecule has 0 saturated carbocycles. The molecule has 0 unspecified atom stereocenters. The Bertz CT molecular complexity index is 714. The largest absolute Gasteiger partial charge is 0.466 e. The molecule has 2 heterocycles. The fourth-order valence-electron chi connectivity index (χ4n) is 3.15. The van der Waals surface area contributed by atoms with Gasteiger partial charge in [0.1, 0.15) is 12.1 Å². The summed E-state index contributed by atoms with van der Waals surface area (Å²) >= 11 is 0. The van der Waals surface area contributed by atoms with Crippen molar-refractivity contribution in [2.24, 2.45) is 11.0 Å². The normalized spacial score (nSPS) is 23.9. The average Bonchev–Trinajstić information content (AvgIpc) is 2.91. The molecule has 0 amide bonds. The van der Waals surface area contributed by atoms with Gasteiger partial charge in [-0.05, 0) is 18.1 Å². The van der Waals surface area contributed by atoms with Gasteiger partial charge in [-0.3, -0.25) is 9.80 Å². The van der Waals surface area contributed by atoms with Gasteiger partial charge in [-0.15, -0.1) is 0 Å². The van der Waals surface area contributed by atoms with Crippen molar-refractivity contribution in [3.63, 3.8) is 0 Å². The first-order valence-corrected chi connectivity index (χ1v) is 7.08. The Labute approximate surface area is 128 Å². The predicted molar refractivity (Wildman–Crippen MR) is 77.3 cm³/mol. The maximum Gasteiger partial charge on any atom is 0.311 e. The van der Waals surface area contributed by atoms with Crippen molar-refractivity contribution >= 4 is 12.2 Å². The Morgan fingerprint density at radius 1 is 1.45 bits per heavy atom. The van der Waals surface area contributed by atoms with E-state index in [1.165, 1.54) is 5.01 Å². The number of benzene rings is 1. The van der Waals surface area contributed by atoms with Crippen molar-refractivity contribution < 1.29 is 9.53 Å². The molecule has 6 nitrogen and oxygen atoms in total. The van der Waals surface area contributed by atoms with Crippen LogP contribution in [0.25, 0.3) is 0 Å². The highest BCUT2D eigenvalue weighted by Gasteiger charge is 2.57. The molecular weight excluding hydrogens is 280 g/mol. The quantitative estimate of drug-likeness (QED) is 0.775. The van der Waals surface area contributed by atoms with Crippen LogP contribution >= 0.6 is 0 Å². The molecule has 0 N–H and O–H groups in total. The monoisotopic (exact) mass is 294 g/mol. The molecule has 1 saturated heterocycles. The summed E-state index contributed by atoms with van der Waals surface area (Å²) in [5, 5.41) is 24.7. The lowest BCUT2D eigenvalue weighted by Crippen LogP contribution is -2.40. The molecule has 2 aliphatic heterocycles. The van der Waals surface area contributed by atoms with Crippen LogP contribution in [0, 0.1) is 28.6 Å². The van der Waals surface area contributed by atoms with E-state index in [-0.39, 0.29) is 13.0 Å². The van der Waals surface area contributed by atoms with Gasteiger partial charge in [0, 0.05) is 6.42 Å². The molecule has 2 atom stereocenters. The summed E-state index contributed by atoms with van der Waals surface area (Å²) in [6.45, 7) is 2.00. The van der Waals surface area contributed by atoms with E-state index in [2.05, 4.69) is 5.10 Å². The van der Waals surface area contributed by atoms with Gasteiger partial charge < -0.3 is 4.74 Å². The fraction of sp³-hybridized carbons (Fsp3) is 0.375. The Kier molecular flexibility index (Phi) is 3.30. The van der Waals surface area contributed by atoms with E-state index in [9.17, 15) is 15.3 Å². The molecule has 3 rings (SSSR count). The number of hydrazone groups is 1. The van der Waals surface area contributed by atoms with Crippen molar-refractivity contribution in [1.82, 2.24) is 5.01 Å². The summed E-state index contributed by atoms with van der Waals surface area (Å²) in [5.41, 5.74) is 0.346. The van der Waals surface area contributed by atoms with E-state index < -0.39 is 23.5 Å². The van der Waals surface area contributed by atoms with E-state index in [0.717, 1.165) is 11.1 Å². The summed E-state index contributed by atoms with van der Waals surface area (Å²) < 4.78 is 5.14. The Hall–Kier alpha value is -2.86. The standard InChI is InChI=1S/C16H14N4O2/c1-2-22-15(21)13-7-16(9-17,10-18)20-14(13)12-6-4-3-5-11(12)8-19-20/h3-6,8,13-14H,2,7H2,1H3/t13-,14-/m1/s1. The van der Waals surface area contributed by atoms with E-state index >= 15 is 0 Å². The lowest BCUT2D eigenvalue weighted by Gasteiger charge is -2.33. The zero-order valence-corrected chi connectivity index (χ0v) is 12.1. The van der Waals surface area contributed by atoms with Crippen LogP contribution < -0.4 is 0 Å². The van der Waals surface area contributed by atoms with Crippen molar-refractivity contribution in [3.05, 3.63) is 35.4 Å². The molecule has 0 aromatic heterocycles. The molecule has 1 fully saturated rings. The molecule has 6 heteroatoms. The zero-order chi connectivity index (χ0) is 15.7. The van der Waals surface area contributed by atoms with Gasteiger partial charge in [0.05, 0.1) is 24.8 Å². The summed E-state index contributed by atoms with van der Waals surface area (Å²) in [5.74, 6) is -0.977. The van der Waals surface area contributed by atoms with Gasteiger partial charge in [-0.25, -0.2) is 0 Å². The molecular formula is C16H14N4O2. The number of esters is 1. The van der Waals surface area contributed by atoms with Crippen LogP contribution in [0.2, 0.25) is 0 Å². The smallest absolute Gasteiger partial charge is 0.311 e. The molecule has 1 aromatic rings. The van der Waals surface area contributed by atoms with E-state index in [1.54, 1.807) is 13.1 Å². The number of rotatable bonds is 2. The molecule has 22 heavy (non-hydrogen) atoms. The second-order valence-corrected chi connectivity index (χ2v) is 5.31. The van der Waals surface area contributed by atoms with Crippen LogP contribution in [-0.2, 0) is 9.53 Å². The molecule has 2 aliphatic rings. The van der Waals surface area contributed by atoms with Crippen LogP contribution in [0.1, 0.15) is 30.5 Å². The minimum atomic E-state index is -1.44. The highest BCUT2D eigenvalue weighted by Crippen LogP contribution is 2.49. The second kappa shape index (κ2) is 5.16. The number of carbonyl (C=O) groups is 1. The van der Waals surface area contributed by atoms with Gasteiger partial charge in [0.15, 0.2) is 0 Å². The lowest BCUT2D eigenvalue weighted by atomic mass is 9.88. The number of nitrogens with zero attached hydrogens (tertiary/aromatic N) is 4. The molecule has 0 spiro atoms. The van der Waals surface area contributed by atoms with Crippen molar-refractivity contribution in [1.29, 1.82) is 10.5 Å². The van der Waals surface area contributed by atoms with Gasteiger partial charge in [-0.1, -0.05) is 24.3 Å². The van der Waals surface area contributed by atoms with Gasteiger partial charge in [-0.2, -0.15) is 15.6 Å². The third kappa shape index (κ3) is 1.85. The molecule has 110 valence electrons. The van der Waals surface area contributed by atoms with Crippen LogP contribution in [0.5, 0.6) is 0 Å². The number of hydrogen-bond donors (Lipinski definition) is 0. The maximum atomic E-state index is 12.3. The summed E-state index contributed by atoms with van der Waals surface area (Å²) in [6.07, 6.45) is 1.72. The third-order valence-corrected chi connectivity index (χ3v) is 4.15. The third-order valence-electron chi connectivity index (χ3n) is 4.15. The van der Waals surface area contributed by atoms with Gasteiger partial charge in [0.2, 0.25) is 5.54 Å². The molecule has 0 radical (unpaired) electrons. The van der Waals surface area contributed by atoms with Crippen molar-refractivity contribution in [2.45, 2.75) is 24.9 Å². The lowest BCUT2D eigenvalue weighted by molar-refractivity contribution is -0.149. The van der Waals surface area contributed by atoms with E-state index in [0.29, 0.717) is 0 Å². The number of carbonyl (C=O) groups excluding carboxylic acids is 1. The summed E-state index contributed by atoms with van der Waals surface area (Å²) in [4.78, 5) is 12.3. The van der Waals surface area contributed by atoms with Crippen molar-refractivity contribution in [2.75, 3.05) is 6.61 Å². The Balaban J connectivity index is 2.12. The number of hydrogen-bond acceptors (Lipinski definition) is 6. The zero-order valence-electron chi connectivity index (χ0n) is 12.1. The summed E-state index contributed by atoms with van der Waals surface area (Å²) in [6, 6.07) is 11.2. The first-order valence-electron chi connectivity index (χ1n) is 7.08. The number of nitriles is 2. The van der Waals surface area contributed by atoms with E-state index in [4.69, 9.17) is 4.74 Å². The van der Waals surface area contributed by atoms with Crippen LogP contribution in [-0.4, -0.2) is 29.3 Å². The number of fused-ring (bicyclic) bond motifs is 3. The number of ether oxygens (including phenoxy) is 1. The molecule has 1 aromatic carbocycles. The minimum Gasteiger partial charge on any atom is -0.466 e. The SMILES string of the molecule is CCOC(=O)[C@@H]1CC(C#N)(C#N)N2N=Cc3ccccc3[C@H]12. The van der Waals surface area contributed by atoms with Crippen molar-refractivity contribution in [3.8, 4) is 12.1 Å². The fourth-order valence-corrected chi connectivity index (χ4v) is 3.15. The minimum absolute atomic E-state index is 0.0924. The van der Waals surface area contributed by atoms with E-state index in [1.807, 2.05) is 36.4 Å². The first kappa shape index (κ1) is 14.1. The Morgan fingerprint density at radius 2 is 2.18 bits per heavy atom. The summed E-state index contributed by atoms with van der Waals surface area (Å²) in [7, 11) is 0.